The van der Waals surface area contributed by atoms with Crippen LogP contribution in [0.3, 0.4) is 0 Å². The molecule has 0 amide bonds. The van der Waals surface area contributed by atoms with E-state index >= 15 is 0 Å². The van der Waals surface area contributed by atoms with Gasteiger partial charge in [0.1, 0.15) is 11.2 Å². The molecule has 0 saturated carbocycles. The van der Waals surface area contributed by atoms with Crippen molar-refractivity contribution in [3.05, 3.63) is 182 Å². The van der Waals surface area contributed by atoms with Crippen molar-refractivity contribution in [2.45, 2.75) is 0 Å². The van der Waals surface area contributed by atoms with Gasteiger partial charge in [0.25, 0.3) is 0 Å². The van der Waals surface area contributed by atoms with Crippen LogP contribution in [0, 0.1) is 0 Å². The fourth-order valence-electron chi connectivity index (χ4n) is 7.85. The summed E-state index contributed by atoms with van der Waals surface area (Å²) in [5.41, 5.74) is 11.6. The van der Waals surface area contributed by atoms with Gasteiger partial charge in [0, 0.05) is 10.8 Å². The van der Waals surface area contributed by atoms with Crippen LogP contribution < -0.4 is 0 Å². The largest absolute Gasteiger partial charge is 0.456 e. The zero-order valence-corrected chi connectivity index (χ0v) is 26.7. The van der Waals surface area contributed by atoms with Crippen molar-refractivity contribution in [1.29, 1.82) is 0 Å². The lowest BCUT2D eigenvalue weighted by Gasteiger charge is -2.19. The summed E-state index contributed by atoms with van der Waals surface area (Å²) in [4.78, 5) is 0. The molecule has 228 valence electrons. The van der Waals surface area contributed by atoms with Crippen molar-refractivity contribution in [3.63, 3.8) is 0 Å². The Morgan fingerprint density at radius 2 is 0.694 bits per heavy atom. The Bertz CT molecular complexity index is 2800. The van der Waals surface area contributed by atoms with Gasteiger partial charge < -0.3 is 4.42 Å². The molecule has 1 aromatic heterocycles. The van der Waals surface area contributed by atoms with Crippen LogP contribution in [0.2, 0.25) is 0 Å². The van der Waals surface area contributed by atoms with Crippen LogP contribution in [0.1, 0.15) is 0 Å². The van der Waals surface area contributed by atoms with Gasteiger partial charge in [-0.3, -0.25) is 0 Å². The summed E-state index contributed by atoms with van der Waals surface area (Å²) < 4.78 is 6.36. The molecule has 0 atom stereocenters. The molecule has 9 aromatic carbocycles. The number of benzene rings is 9. The molecule has 0 unspecified atom stereocenters. The first-order valence-electron chi connectivity index (χ1n) is 16.8. The SMILES string of the molecule is c1ccc(-c2ccc(-c3ccc(-c4c5ccccc5c(-c5ccc6c(c5)oc5ccccc56)c5ccccc45)c4ccccc34)cc2)cc1. The number of fused-ring (bicyclic) bond motifs is 6. The number of rotatable bonds is 4. The van der Waals surface area contributed by atoms with Crippen molar-refractivity contribution < 1.29 is 4.42 Å². The smallest absolute Gasteiger partial charge is 0.136 e. The van der Waals surface area contributed by atoms with E-state index in [0.717, 1.165) is 27.5 Å². The second-order valence-electron chi connectivity index (χ2n) is 12.8. The standard InChI is InChI=1S/C48H30O/c1-2-12-31(13-3-1)32-22-24-33(25-23-32)35-28-29-44(37-15-5-4-14-36(35)37)48-42-19-8-6-17-40(42)47(41-18-7-9-20-43(41)48)34-26-27-39-38-16-10-11-21-45(38)49-46(39)30-34/h1-30H. The summed E-state index contributed by atoms with van der Waals surface area (Å²) >= 11 is 0. The molecule has 1 heterocycles. The number of para-hydroxylation sites is 1. The minimum atomic E-state index is 0.911. The maximum absolute atomic E-state index is 6.36. The van der Waals surface area contributed by atoms with Gasteiger partial charge in [0.2, 0.25) is 0 Å². The zero-order valence-electron chi connectivity index (χ0n) is 26.7. The fraction of sp³-hybridized carbons (Fsp3) is 0. The lowest BCUT2D eigenvalue weighted by molar-refractivity contribution is 0.669. The Balaban J connectivity index is 1.19. The van der Waals surface area contributed by atoms with E-state index in [0.29, 0.717) is 0 Å². The summed E-state index contributed by atoms with van der Waals surface area (Å²) in [5.74, 6) is 0. The normalized spacial score (nSPS) is 11.7. The summed E-state index contributed by atoms with van der Waals surface area (Å²) in [7, 11) is 0. The average Bonchev–Trinajstić information content (AvgIpc) is 3.55. The molecule has 0 bridgehead atoms. The Morgan fingerprint density at radius 1 is 0.245 bits per heavy atom. The highest BCUT2D eigenvalue weighted by Crippen LogP contribution is 2.47. The molecule has 0 fully saturated rings. The van der Waals surface area contributed by atoms with E-state index in [-0.39, 0.29) is 0 Å². The summed E-state index contributed by atoms with van der Waals surface area (Å²) in [6.45, 7) is 0. The van der Waals surface area contributed by atoms with Crippen LogP contribution in [-0.2, 0) is 0 Å². The van der Waals surface area contributed by atoms with Gasteiger partial charge in [0.05, 0.1) is 0 Å². The first-order valence-corrected chi connectivity index (χ1v) is 16.8. The highest BCUT2D eigenvalue weighted by atomic mass is 16.3. The second-order valence-corrected chi connectivity index (χ2v) is 12.8. The quantitative estimate of drug-likeness (QED) is 0.178. The molecule has 0 saturated heterocycles. The van der Waals surface area contributed by atoms with E-state index < -0.39 is 0 Å². The van der Waals surface area contributed by atoms with Crippen LogP contribution in [0.5, 0.6) is 0 Å². The van der Waals surface area contributed by atoms with Crippen LogP contribution in [-0.4, -0.2) is 0 Å². The number of furan rings is 1. The van der Waals surface area contributed by atoms with E-state index in [9.17, 15) is 0 Å². The molecule has 10 rings (SSSR count). The predicted octanol–water partition coefficient (Wildman–Crippen LogP) is 13.7. The maximum Gasteiger partial charge on any atom is 0.136 e. The van der Waals surface area contributed by atoms with Gasteiger partial charge >= 0.3 is 0 Å². The van der Waals surface area contributed by atoms with Gasteiger partial charge in [-0.05, 0) is 95.0 Å². The lowest BCUT2D eigenvalue weighted by atomic mass is 9.83. The topological polar surface area (TPSA) is 13.1 Å². The third-order valence-corrected chi connectivity index (χ3v) is 10.1. The van der Waals surface area contributed by atoms with Crippen molar-refractivity contribution in [3.8, 4) is 44.5 Å². The van der Waals surface area contributed by atoms with Gasteiger partial charge in [-0.15, -0.1) is 0 Å². The maximum atomic E-state index is 6.36. The molecule has 0 aliphatic carbocycles. The van der Waals surface area contributed by atoms with Crippen molar-refractivity contribution in [2.24, 2.45) is 0 Å². The first-order chi connectivity index (χ1) is 24.3. The molecule has 49 heavy (non-hydrogen) atoms. The Morgan fingerprint density at radius 3 is 1.37 bits per heavy atom. The van der Waals surface area contributed by atoms with E-state index in [1.807, 2.05) is 12.1 Å². The summed E-state index contributed by atoms with van der Waals surface area (Å²) in [5, 5.41) is 9.74. The molecule has 0 aliphatic rings. The molecular weight excluding hydrogens is 593 g/mol. The third-order valence-electron chi connectivity index (χ3n) is 10.1. The Labute approximate surface area is 284 Å². The van der Waals surface area contributed by atoms with Gasteiger partial charge in [0.15, 0.2) is 0 Å². The second kappa shape index (κ2) is 11.1. The van der Waals surface area contributed by atoms with E-state index in [1.54, 1.807) is 0 Å². The van der Waals surface area contributed by atoms with E-state index in [4.69, 9.17) is 4.42 Å². The molecule has 0 N–H and O–H groups in total. The third kappa shape index (κ3) is 4.40. The van der Waals surface area contributed by atoms with Gasteiger partial charge in [-0.1, -0.05) is 164 Å². The molecule has 10 aromatic rings. The van der Waals surface area contributed by atoms with Crippen LogP contribution in [0.4, 0.5) is 0 Å². The van der Waals surface area contributed by atoms with Crippen molar-refractivity contribution in [2.75, 3.05) is 0 Å². The van der Waals surface area contributed by atoms with Crippen molar-refractivity contribution in [1.82, 2.24) is 0 Å². The fourth-order valence-corrected chi connectivity index (χ4v) is 7.85. The molecule has 0 spiro atoms. The highest BCUT2D eigenvalue weighted by Gasteiger charge is 2.19. The molecule has 0 radical (unpaired) electrons. The van der Waals surface area contributed by atoms with Crippen molar-refractivity contribution >= 4 is 54.3 Å². The minimum Gasteiger partial charge on any atom is -0.456 e. The lowest BCUT2D eigenvalue weighted by Crippen LogP contribution is -1.92. The molecule has 0 aliphatic heterocycles. The minimum absolute atomic E-state index is 0.911. The molecular formula is C48H30O. The predicted molar refractivity (Wildman–Crippen MR) is 208 cm³/mol. The first kappa shape index (κ1) is 27.7. The Hall–Kier alpha value is -6.44. The number of hydrogen-bond acceptors (Lipinski definition) is 1. The average molecular weight is 623 g/mol. The molecule has 1 heteroatoms. The monoisotopic (exact) mass is 622 g/mol. The van der Waals surface area contributed by atoms with E-state index in [2.05, 4.69) is 170 Å². The van der Waals surface area contributed by atoms with Crippen LogP contribution in [0.25, 0.3) is 98.8 Å². The summed E-state index contributed by atoms with van der Waals surface area (Å²) in [6, 6.07) is 65.8. The van der Waals surface area contributed by atoms with E-state index in [1.165, 1.54) is 71.3 Å². The zero-order chi connectivity index (χ0) is 32.3. The Kier molecular flexibility index (Phi) is 6.25. The van der Waals surface area contributed by atoms with Crippen LogP contribution >= 0.6 is 0 Å². The van der Waals surface area contributed by atoms with Crippen LogP contribution in [0.15, 0.2) is 186 Å². The highest BCUT2D eigenvalue weighted by molar-refractivity contribution is 6.24. The van der Waals surface area contributed by atoms with Gasteiger partial charge in [-0.2, -0.15) is 0 Å². The van der Waals surface area contributed by atoms with Gasteiger partial charge in [-0.25, -0.2) is 0 Å². The number of hydrogen-bond donors (Lipinski definition) is 0. The summed E-state index contributed by atoms with van der Waals surface area (Å²) in [6.07, 6.45) is 0. The molecule has 1 nitrogen and oxygen atoms in total.